The molecule has 2 radical (unpaired) electrons. The molecule has 44 heavy (non-hydrogen) atoms. The van der Waals surface area contributed by atoms with E-state index in [1.165, 1.54) is 28.7 Å². The van der Waals surface area contributed by atoms with Gasteiger partial charge in [-0.1, -0.05) is 30.6 Å². The van der Waals surface area contributed by atoms with E-state index in [-0.39, 0.29) is 35.9 Å². The molecular weight excluding hydrogens is 555 g/mol. The van der Waals surface area contributed by atoms with E-state index in [1.807, 2.05) is 18.2 Å². The monoisotopic (exact) mass is 596 g/mol. The van der Waals surface area contributed by atoms with Gasteiger partial charge in [-0.25, -0.2) is 4.79 Å². The molecule has 2 amide bonds. The van der Waals surface area contributed by atoms with Crippen molar-refractivity contribution in [3.8, 4) is 11.8 Å². The number of rotatable bonds is 7. The fraction of sp³-hybridized carbons (Fsp3) is 0.543. The van der Waals surface area contributed by atoms with Crippen molar-refractivity contribution in [3.63, 3.8) is 0 Å². The number of amides is 2. The number of benzene rings is 1. The lowest BCUT2D eigenvalue weighted by Crippen LogP contribution is -2.51. The molecule has 0 heterocycles. The number of ether oxygens (including phenoxy) is 1. The Kier molecular flexibility index (Phi) is 8.95. The fourth-order valence-corrected chi connectivity index (χ4v) is 8.45. The highest BCUT2D eigenvalue weighted by Crippen LogP contribution is 2.66. The van der Waals surface area contributed by atoms with Gasteiger partial charge >= 0.3 is 5.97 Å². The summed E-state index contributed by atoms with van der Waals surface area (Å²) in [4.78, 5) is 50.2. The summed E-state index contributed by atoms with van der Waals surface area (Å²) in [6, 6.07) is 6.98. The van der Waals surface area contributed by atoms with Gasteiger partial charge in [0.2, 0.25) is 13.8 Å². The third-order valence-corrected chi connectivity index (χ3v) is 10.7. The van der Waals surface area contributed by atoms with Crippen molar-refractivity contribution in [2.45, 2.75) is 89.2 Å². The normalized spacial score (nSPS) is 29.6. The number of carbonyl (C=O) groups is 4. The Hall–Kier alpha value is -3.64. The first-order chi connectivity index (χ1) is 20.9. The highest BCUT2D eigenvalue weighted by Gasteiger charge is 2.62. The van der Waals surface area contributed by atoms with Crippen molar-refractivity contribution in [2.24, 2.45) is 17.3 Å². The molecule has 2 saturated carbocycles. The first-order valence-electron chi connectivity index (χ1n) is 15.6. The fourth-order valence-electron chi connectivity index (χ4n) is 8.45. The standard InChI is InChI=1S/C35H41BN2O6/c1-5-17-35(43)18-16-28-26-12-8-22-19-24(39)11-13-25(22)31(26)27(20-34(28,35)2)21-6-9-23(10-7-21)38(3)30(40)15-14-29(32(41)44-4)37-33(36)42/h6-7,9-10,19,26-29,43H,8,11-16,18,20H2,1-4H3,(H,37,42)/t26?,27-,28?,29+,34+,35+/m1/s1. The summed E-state index contributed by atoms with van der Waals surface area (Å²) in [6.45, 7) is 4.01. The summed E-state index contributed by atoms with van der Waals surface area (Å²) in [7, 11) is 8.06. The number of allylic oxidation sites excluding steroid dienone is 4. The van der Waals surface area contributed by atoms with Crippen LogP contribution in [0.1, 0.15) is 83.1 Å². The number of hydrogen-bond donors (Lipinski definition) is 2. The number of aliphatic hydroxyl groups is 1. The number of hydrogen-bond acceptors (Lipinski definition) is 6. The second-order valence-corrected chi connectivity index (χ2v) is 12.9. The molecule has 0 aliphatic heterocycles. The second kappa shape index (κ2) is 12.4. The lowest BCUT2D eigenvalue weighted by atomic mass is 9.51. The van der Waals surface area contributed by atoms with Crippen molar-refractivity contribution in [1.29, 1.82) is 0 Å². The van der Waals surface area contributed by atoms with Crippen molar-refractivity contribution in [2.75, 3.05) is 19.1 Å². The molecule has 0 spiro atoms. The maximum absolute atomic E-state index is 13.1. The molecule has 9 heteroatoms. The number of nitrogens with one attached hydrogen (secondary N) is 1. The van der Waals surface area contributed by atoms with Crippen molar-refractivity contribution in [3.05, 3.63) is 52.6 Å². The number of anilines is 1. The summed E-state index contributed by atoms with van der Waals surface area (Å²) in [6.07, 6.45) is 7.44. The third-order valence-electron chi connectivity index (χ3n) is 10.7. The molecule has 2 fully saturated rings. The van der Waals surface area contributed by atoms with Gasteiger partial charge < -0.3 is 20.1 Å². The molecule has 5 rings (SSSR count). The Bertz CT molecular complexity index is 1490. The van der Waals surface area contributed by atoms with Crippen LogP contribution in [0.5, 0.6) is 0 Å². The van der Waals surface area contributed by atoms with Crippen LogP contribution in [0.15, 0.2) is 47.1 Å². The van der Waals surface area contributed by atoms with E-state index in [9.17, 15) is 24.3 Å². The summed E-state index contributed by atoms with van der Waals surface area (Å²) in [5.74, 6) is 5.37. The van der Waals surface area contributed by atoms with Crippen LogP contribution < -0.4 is 10.2 Å². The molecule has 0 bridgehead atoms. The SMILES string of the molecule is [B]C(=O)N[C@@H](CCC(=O)N(C)c1ccc([C@H]2C[C@@]3(C)C(CC[C@@]3(O)C#CC)C3CCC4=CC(=O)CCC4=C32)cc1)C(=O)OC. The largest absolute Gasteiger partial charge is 0.467 e. The lowest BCUT2D eigenvalue weighted by Gasteiger charge is -2.53. The maximum Gasteiger partial charge on any atom is 0.328 e. The van der Waals surface area contributed by atoms with Gasteiger partial charge in [-0.3, -0.25) is 14.4 Å². The molecule has 2 unspecified atom stereocenters. The van der Waals surface area contributed by atoms with E-state index >= 15 is 0 Å². The van der Waals surface area contributed by atoms with Gasteiger partial charge in [0, 0.05) is 36.9 Å². The predicted octanol–water partition coefficient (Wildman–Crippen LogP) is 4.50. The Balaban J connectivity index is 1.43. The van der Waals surface area contributed by atoms with E-state index in [2.05, 4.69) is 36.2 Å². The van der Waals surface area contributed by atoms with E-state index in [0.717, 1.165) is 37.7 Å². The highest BCUT2D eigenvalue weighted by molar-refractivity contribution is 6.57. The zero-order valence-corrected chi connectivity index (χ0v) is 26.1. The Morgan fingerprint density at radius 3 is 2.57 bits per heavy atom. The molecular formula is C35H41BN2O6. The van der Waals surface area contributed by atoms with Crippen molar-refractivity contribution >= 4 is 37.0 Å². The molecule has 8 nitrogen and oxygen atoms in total. The third kappa shape index (κ3) is 5.65. The number of carbonyl (C=O) groups excluding carboxylic acids is 4. The van der Waals surface area contributed by atoms with Crippen LogP contribution >= 0.6 is 0 Å². The predicted molar refractivity (Wildman–Crippen MR) is 168 cm³/mol. The van der Waals surface area contributed by atoms with E-state index < -0.39 is 23.4 Å². The van der Waals surface area contributed by atoms with Gasteiger partial charge in [0.05, 0.1) is 7.11 Å². The number of methoxy groups -OCH3 is 1. The molecule has 6 atom stereocenters. The number of nitrogens with zero attached hydrogens (tertiary/aromatic N) is 1. The zero-order valence-electron chi connectivity index (χ0n) is 26.1. The van der Waals surface area contributed by atoms with E-state index in [0.29, 0.717) is 30.4 Å². The van der Waals surface area contributed by atoms with E-state index in [1.54, 1.807) is 14.0 Å². The quantitative estimate of drug-likeness (QED) is 0.272. The van der Waals surface area contributed by atoms with Gasteiger partial charge in [0.15, 0.2) is 11.6 Å². The minimum Gasteiger partial charge on any atom is -0.467 e. The lowest BCUT2D eigenvalue weighted by molar-refractivity contribution is -0.143. The van der Waals surface area contributed by atoms with E-state index in [4.69, 9.17) is 12.6 Å². The molecule has 4 aliphatic rings. The average Bonchev–Trinajstić information content (AvgIpc) is 3.27. The number of ketones is 1. The first-order valence-corrected chi connectivity index (χ1v) is 15.6. The molecule has 230 valence electrons. The molecule has 1 aromatic carbocycles. The Morgan fingerprint density at radius 2 is 1.91 bits per heavy atom. The van der Waals surface area contributed by atoms with Crippen LogP contribution in [0.3, 0.4) is 0 Å². The smallest absolute Gasteiger partial charge is 0.328 e. The molecule has 1 aromatic rings. The zero-order chi connectivity index (χ0) is 31.8. The van der Waals surface area contributed by atoms with Gasteiger partial charge in [-0.05, 0) is 98.6 Å². The topological polar surface area (TPSA) is 113 Å². The van der Waals surface area contributed by atoms with Gasteiger partial charge in [-0.2, -0.15) is 0 Å². The minimum atomic E-state index is -1.04. The van der Waals surface area contributed by atoms with Gasteiger partial charge in [0.1, 0.15) is 11.6 Å². The molecule has 2 N–H and O–H groups in total. The number of esters is 1. The van der Waals surface area contributed by atoms with Crippen LogP contribution in [0, 0.1) is 29.1 Å². The second-order valence-electron chi connectivity index (χ2n) is 12.9. The highest BCUT2D eigenvalue weighted by atomic mass is 16.5. The first kappa shape index (κ1) is 31.8. The van der Waals surface area contributed by atoms with Crippen molar-refractivity contribution in [1.82, 2.24) is 5.32 Å². The maximum atomic E-state index is 13.1. The minimum absolute atomic E-state index is 0.00344. The van der Waals surface area contributed by atoms with Crippen LogP contribution in [0.25, 0.3) is 0 Å². The summed E-state index contributed by atoms with van der Waals surface area (Å²) < 4.78 is 4.72. The van der Waals surface area contributed by atoms with Crippen LogP contribution in [0.4, 0.5) is 10.5 Å². The molecule has 0 saturated heterocycles. The Labute approximate surface area is 261 Å². The van der Waals surface area contributed by atoms with Gasteiger partial charge in [0.25, 0.3) is 0 Å². The molecule has 0 aromatic heterocycles. The Morgan fingerprint density at radius 1 is 1.18 bits per heavy atom. The van der Waals surface area contributed by atoms with Crippen LogP contribution in [-0.4, -0.2) is 62.2 Å². The molecule has 4 aliphatic carbocycles. The summed E-state index contributed by atoms with van der Waals surface area (Å²) in [5, 5.41) is 14.2. The summed E-state index contributed by atoms with van der Waals surface area (Å²) in [5.41, 5.74) is 4.35. The van der Waals surface area contributed by atoms with Gasteiger partial charge in [-0.15, -0.1) is 5.92 Å². The van der Waals surface area contributed by atoms with Crippen molar-refractivity contribution < 1.29 is 29.0 Å². The summed E-state index contributed by atoms with van der Waals surface area (Å²) >= 11 is 0. The number of fused-ring (bicyclic) bond motifs is 4. The van der Waals surface area contributed by atoms with Crippen LogP contribution in [-0.2, 0) is 19.1 Å². The van der Waals surface area contributed by atoms with Crippen LogP contribution in [0.2, 0.25) is 0 Å². The average molecular weight is 597 g/mol.